The fourth-order valence-corrected chi connectivity index (χ4v) is 9.34. The number of amides is 3. The molecular weight excluding hydrogens is 816 g/mol. The van der Waals surface area contributed by atoms with Gasteiger partial charge in [-0.2, -0.15) is 9.49 Å². The van der Waals surface area contributed by atoms with Gasteiger partial charge >= 0.3 is 5.69 Å². The number of nitrogens with zero attached hydrogens (tertiary/aromatic N) is 7. The lowest BCUT2D eigenvalue weighted by molar-refractivity contribution is -0.135. The second-order valence-corrected chi connectivity index (χ2v) is 17.0. The molecule has 328 valence electrons. The molecule has 9 rings (SSSR count). The number of hydrogen-bond acceptors (Lipinski definition) is 9. The molecule has 5 heterocycles. The van der Waals surface area contributed by atoms with E-state index in [1.54, 1.807) is 11.6 Å². The van der Waals surface area contributed by atoms with Gasteiger partial charge in [-0.25, -0.2) is 18.6 Å². The first-order valence-electron chi connectivity index (χ1n) is 21.5. The standard InChI is InChI=1S/C46H48F3N9O5/c1-54-38-21-27(6-12-36(38)58(46(54)63)37-13-15-40(59)52-45(37)62)3-2-16-55-17-19-56(20-18-55)39-14-9-30(25-50-39)29-7-8-31-26-57(53-35(31)22-29)32-10-4-28(5-11-32)24-51-44(61)33-23-34(47)43(60)42(49)41(33)48/h6-9,12,14,21-23,25-26,28,32,37,60H,2-5,10-11,13,15-20,24H2,1H3,(H,51,61)(H,52,59,62)/t28?,32?,37-/m1/s1. The number of piperazine rings is 1. The smallest absolute Gasteiger partial charge is 0.329 e. The zero-order valence-electron chi connectivity index (χ0n) is 34.8. The number of anilines is 1. The second kappa shape index (κ2) is 17.3. The number of fused-ring (bicyclic) bond motifs is 2. The number of aromatic hydroxyl groups is 1. The van der Waals surface area contributed by atoms with Crippen LogP contribution in [0.1, 0.15) is 73.0 Å². The van der Waals surface area contributed by atoms with Gasteiger partial charge in [0, 0.05) is 69.5 Å². The lowest BCUT2D eigenvalue weighted by Crippen LogP contribution is -2.47. The first kappa shape index (κ1) is 41.8. The molecule has 1 atom stereocenters. The van der Waals surface area contributed by atoms with Gasteiger partial charge in [-0.3, -0.25) is 38.4 Å². The number of carbonyl (C=O) groups is 3. The number of halogens is 3. The highest BCUT2D eigenvalue weighted by atomic mass is 19.2. The van der Waals surface area contributed by atoms with Crippen molar-refractivity contribution in [3.8, 4) is 16.9 Å². The van der Waals surface area contributed by atoms with Crippen LogP contribution in [0.5, 0.6) is 5.75 Å². The van der Waals surface area contributed by atoms with Crippen molar-refractivity contribution in [3.05, 3.63) is 106 Å². The molecule has 0 spiro atoms. The van der Waals surface area contributed by atoms with Crippen LogP contribution in [0.3, 0.4) is 0 Å². The van der Waals surface area contributed by atoms with E-state index >= 15 is 0 Å². The molecule has 14 nitrogen and oxygen atoms in total. The second-order valence-electron chi connectivity index (χ2n) is 17.0. The number of nitrogens with one attached hydrogen (secondary N) is 2. The van der Waals surface area contributed by atoms with Crippen LogP contribution in [-0.2, 0) is 23.1 Å². The number of piperidine rings is 1. The molecule has 1 aliphatic carbocycles. The van der Waals surface area contributed by atoms with Gasteiger partial charge in [0.2, 0.25) is 17.6 Å². The Hall–Kier alpha value is -6.49. The minimum absolute atomic E-state index is 0.117. The van der Waals surface area contributed by atoms with Gasteiger partial charge in [-0.1, -0.05) is 18.2 Å². The molecule has 3 amide bonds. The number of aromatic nitrogens is 5. The number of benzene rings is 3. The maximum absolute atomic E-state index is 14.2. The molecule has 1 saturated carbocycles. The summed E-state index contributed by atoms with van der Waals surface area (Å²) in [4.78, 5) is 59.4. The highest BCUT2D eigenvalue weighted by Crippen LogP contribution is 2.34. The molecular formula is C46H48F3N9O5. The van der Waals surface area contributed by atoms with E-state index in [2.05, 4.69) is 57.0 Å². The monoisotopic (exact) mass is 863 g/mol. The summed E-state index contributed by atoms with van der Waals surface area (Å²) in [5.74, 6) is -6.82. The van der Waals surface area contributed by atoms with Crippen LogP contribution in [-0.4, -0.2) is 90.9 Å². The third-order valence-electron chi connectivity index (χ3n) is 13.0. The van der Waals surface area contributed by atoms with E-state index < -0.39 is 46.6 Å². The Labute approximate surface area is 360 Å². The van der Waals surface area contributed by atoms with Gasteiger partial charge in [0.1, 0.15) is 11.9 Å². The number of rotatable bonds is 11. The number of pyridine rings is 1. The Morgan fingerprint density at radius 3 is 2.41 bits per heavy atom. The van der Waals surface area contributed by atoms with Gasteiger partial charge in [0.25, 0.3) is 5.91 Å². The summed E-state index contributed by atoms with van der Waals surface area (Å²) in [6, 6.07) is 16.3. The number of imide groups is 1. The Balaban J connectivity index is 0.737. The zero-order valence-corrected chi connectivity index (χ0v) is 34.8. The third-order valence-corrected chi connectivity index (χ3v) is 13.0. The molecule has 0 radical (unpaired) electrons. The molecule has 2 saturated heterocycles. The number of phenols is 1. The average Bonchev–Trinajstić information content (AvgIpc) is 3.83. The largest absolute Gasteiger partial charge is 0.503 e. The maximum Gasteiger partial charge on any atom is 0.329 e. The van der Waals surface area contributed by atoms with Gasteiger partial charge in [0.05, 0.1) is 28.2 Å². The quantitative estimate of drug-likeness (QED) is 0.109. The Morgan fingerprint density at radius 2 is 1.67 bits per heavy atom. The van der Waals surface area contributed by atoms with Crippen molar-refractivity contribution in [2.45, 2.75) is 63.5 Å². The molecule has 3 aromatic carbocycles. The van der Waals surface area contributed by atoms with Crippen LogP contribution in [0.4, 0.5) is 19.0 Å². The molecule has 3 aliphatic rings. The summed E-state index contributed by atoms with van der Waals surface area (Å²) in [5, 5.41) is 20.1. The van der Waals surface area contributed by atoms with Crippen molar-refractivity contribution in [2.24, 2.45) is 13.0 Å². The van der Waals surface area contributed by atoms with E-state index in [0.717, 1.165) is 110 Å². The molecule has 3 N–H and O–H groups in total. The average molecular weight is 864 g/mol. The van der Waals surface area contributed by atoms with E-state index in [9.17, 15) is 37.5 Å². The summed E-state index contributed by atoms with van der Waals surface area (Å²) in [7, 11) is 1.72. The Morgan fingerprint density at radius 1 is 0.889 bits per heavy atom. The summed E-state index contributed by atoms with van der Waals surface area (Å²) in [6.45, 7) is 4.79. The zero-order chi connectivity index (χ0) is 43.9. The van der Waals surface area contributed by atoms with Crippen LogP contribution < -0.4 is 21.2 Å². The Bertz CT molecular complexity index is 2790. The van der Waals surface area contributed by atoms with Crippen LogP contribution in [0, 0.1) is 23.4 Å². The van der Waals surface area contributed by atoms with E-state index in [1.165, 1.54) is 4.57 Å². The molecule has 63 heavy (non-hydrogen) atoms. The van der Waals surface area contributed by atoms with E-state index in [0.29, 0.717) is 18.0 Å². The minimum atomic E-state index is -1.78. The predicted octanol–water partition coefficient (Wildman–Crippen LogP) is 5.77. The number of carbonyl (C=O) groups excluding carboxylic acids is 3. The molecule has 2 aliphatic heterocycles. The third kappa shape index (κ3) is 8.41. The minimum Gasteiger partial charge on any atom is -0.503 e. The predicted molar refractivity (Wildman–Crippen MR) is 230 cm³/mol. The lowest BCUT2D eigenvalue weighted by atomic mass is 9.86. The van der Waals surface area contributed by atoms with Crippen molar-refractivity contribution in [1.82, 2.24) is 39.4 Å². The molecule has 0 unspecified atom stereocenters. The SMILES string of the molecule is Cn1c(=O)n([C@@H]2CCC(=O)NC2=O)c2ccc(CCCN3CCN(c4ccc(-c5ccc6cn(C7CCC(CNC(=O)c8cc(F)c(O)c(F)c8F)CC7)nc6c5)cn4)CC3)cc21. The van der Waals surface area contributed by atoms with Crippen LogP contribution in [0.15, 0.2) is 71.8 Å². The lowest BCUT2D eigenvalue weighted by Gasteiger charge is -2.35. The highest BCUT2D eigenvalue weighted by molar-refractivity contribution is 6.00. The molecule has 3 aromatic heterocycles. The van der Waals surface area contributed by atoms with Gasteiger partial charge in [-0.15, -0.1) is 0 Å². The fourth-order valence-electron chi connectivity index (χ4n) is 9.34. The van der Waals surface area contributed by atoms with Crippen molar-refractivity contribution >= 4 is 45.5 Å². The summed E-state index contributed by atoms with van der Waals surface area (Å²) in [6.07, 6.45) is 9.53. The number of phenolic OH excluding ortho intramolecular Hbond substituents is 1. The molecule has 17 heteroatoms. The number of hydrogen-bond donors (Lipinski definition) is 3. The van der Waals surface area contributed by atoms with Crippen molar-refractivity contribution in [2.75, 3.05) is 44.2 Å². The van der Waals surface area contributed by atoms with Crippen LogP contribution >= 0.6 is 0 Å². The topological polar surface area (TPSA) is 160 Å². The molecule has 6 aromatic rings. The van der Waals surface area contributed by atoms with E-state index in [1.807, 2.05) is 29.1 Å². The van der Waals surface area contributed by atoms with Gasteiger partial charge in [-0.05, 0) is 105 Å². The summed E-state index contributed by atoms with van der Waals surface area (Å²) >= 11 is 0. The van der Waals surface area contributed by atoms with Crippen molar-refractivity contribution < 1.29 is 32.7 Å². The van der Waals surface area contributed by atoms with Crippen molar-refractivity contribution in [1.29, 1.82) is 0 Å². The first-order valence-corrected chi connectivity index (χ1v) is 21.5. The number of aryl methyl sites for hydroxylation is 2. The first-order chi connectivity index (χ1) is 30.4. The van der Waals surface area contributed by atoms with Crippen LogP contribution in [0.25, 0.3) is 33.1 Å². The fraction of sp³-hybridized carbons (Fsp3) is 0.391. The molecule has 3 fully saturated rings. The maximum atomic E-state index is 14.2. The highest BCUT2D eigenvalue weighted by Gasteiger charge is 2.32. The van der Waals surface area contributed by atoms with Gasteiger partial charge < -0.3 is 15.3 Å². The van der Waals surface area contributed by atoms with Gasteiger partial charge in [0.15, 0.2) is 17.4 Å². The normalized spacial score (nSPS) is 19.8. The van der Waals surface area contributed by atoms with Crippen molar-refractivity contribution in [3.63, 3.8) is 0 Å². The van der Waals surface area contributed by atoms with Crippen LogP contribution in [0.2, 0.25) is 0 Å². The van der Waals surface area contributed by atoms with E-state index in [4.69, 9.17) is 10.1 Å². The summed E-state index contributed by atoms with van der Waals surface area (Å²) < 4.78 is 46.7. The Kier molecular flexibility index (Phi) is 11.5. The molecule has 0 bridgehead atoms. The van der Waals surface area contributed by atoms with E-state index in [-0.39, 0.29) is 36.5 Å². The number of imidazole rings is 1. The summed E-state index contributed by atoms with van der Waals surface area (Å²) in [5.41, 5.74) is 4.46.